The lowest BCUT2D eigenvalue weighted by molar-refractivity contribution is -0.0305. The number of aliphatic hydroxyl groups is 1. The Kier molecular flexibility index (Phi) is 3.47. The van der Waals surface area contributed by atoms with Crippen LogP contribution in [0.5, 0.6) is 0 Å². The van der Waals surface area contributed by atoms with Crippen molar-refractivity contribution in [2.24, 2.45) is 5.41 Å². The Hall–Kier alpha value is -1.12. The molecule has 0 unspecified atom stereocenters. The van der Waals surface area contributed by atoms with Crippen LogP contribution in [0.2, 0.25) is 0 Å². The van der Waals surface area contributed by atoms with Crippen LogP contribution in [0.25, 0.3) is 10.4 Å². The van der Waals surface area contributed by atoms with E-state index in [1.165, 1.54) is 10.4 Å². The minimum absolute atomic E-state index is 0.378. The summed E-state index contributed by atoms with van der Waals surface area (Å²) in [5.41, 5.74) is 2.07. The van der Waals surface area contributed by atoms with Crippen LogP contribution in [-0.4, -0.2) is 5.11 Å². The Morgan fingerprint density at radius 3 is 2.15 bits per heavy atom. The monoisotopic (exact) mass is 286 g/mol. The first-order chi connectivity index (χ1) is 9.49. The van der Waals surface area contributed by atoms with Crippen LogP contribution in [-0.2, 0) is 5.60 Å². The molecule has 0 amide bonds. The Morgan fingerprint density at radius 2 is 1.60 bits per heavy atom. The smallest absolute Gasteiger partial charge is 0.0897 e. The van der Waals surface area contributed by atoms with E-state index in [-0.39, 0.29) is 0 Å². The van der Waals surface area contributed by atoms with Gasteiger partial charge < -0.3 is 5.11 Å². The Labute approximate surface area is 125 Å². The van der Waals surface area contributed by atoms with Gasteiger partial charge in [0.25, 0.3) is 0 Å². The minimum Gasteiger partial charge on any atom is -0.385 e. The van der Waals surface area contributed by atoms with Crippen molar-refractivity contribution in [1.29, 1.82) is 0 Å². The number of hydrogen-bond acceptors (Lipinski definition) is 2. The molecule has 0 atom stereocenters. The van der Waals surface area contributed by atoms with E-state index in [2.05, 4.69) is 55.6 Å². The second kappa shape index (κ2) is 5.01. The second-order valence-corrected chi connectivity index (χ2v) is 7.70. The maximum absolute atomic E-state index is 10.9. The fourth-order valence-corrected chi connectivity index (χ4v) is 3.75. The highest BCUT2D eigenvalue weighted by atomic mass is 32.1. The third-order valence-corrected chi connectivity index (χ3v) is 5.58. The molecule has 0 aliphatic heterocycles. The molecule has 106 valence electrons. The van der Waals surface area contributed by atoms with Crippen LogP contribution in [0.3, 0.4) is 0 Å². The van der Waals surface area contributed by atoms with Crippen molar-refractivity contribution in [2.45, 2.75) is 45.1 Å². The van der Waals surface area contributed by atoms with Crippen molar-refractivity contribution in [3.63, 3.8) is 0 Å². The molecule has 1 heterocycles. The van der Waals surface area contributed by atoms with Crippen LogP contribution in [0.4, 0.5) is 0 Å². The highest BCUT2D eigenvalue weighted by Gasteiger charge is 2.37. The number of thiophene rings is 1. The van der Waals surface area contributed by atoms with E-state index in [9.17, 15) is 5.11 Å². The van der Waals surface area contributed by atoms with Crippen LogP contribution >= 0.6 is 11.3 Å². The molecule has 2 heteroatoms. The quantitative estimate of drug-likeness (QED) is 0.804. The third kappa shape index (κ3) is 2.68. The highest BCUT2D eigenvalue weighted by molar-refractivity contribution is 7.13. The van der Waals surface area contributed by atoms with Crippen molar-refractivity contribution in [3.05, 3.63) is 47.3 Å². The standard InChI is InChI=1S/C18H22OS/c1-17(2)9-11-18(19,12-10-17)15-7-5-14(6-8-15)16-4-3-13-20-16/h3-8,13,19H,9-12H2,1-2H3. The predicted molar refractivity (Wildman–Crippen MR) is 85.9 cm³/mol. The summed E-state index contributed by atoms with van der Waals surface area (Å²) in [6, 6.07) is 12.7. The third-order valence-electron chi connectivity index (χ3n) is 4.66. The SMILES string of the molecule is CC1(C)CCC(O)(c2ccc(-c3cccs3)cc2)CC1. The van der Waals surface area contributed by atoms with Crippen molar-refractivity contribution in [3.8, 4) is 10.4 Å². The Morgan fingerprint density at radius 1 is 0.950 bits per heavy atom. The molecule has 20 heavy (non-hydrogen) atoms. The minimum atomic E-state index is -0.622. The topological polar surface area (TPSA) is 20.2 Å². The molecule has 3 rings (SSSR count). The van der Waals surface area contributed by atoms with Crippen molar-refractivity contribution >= 4 is 11.3 Å². The van der Waals surface area contributed by atoms with E-state index in [1.807, 2.05) is 0 Å². The van der Waals surface area contributed by atoms with Crippen LogP contribution in [0.1, 0.15) is 45.1 Å². The predicted octanol–water partition coefficient (Wildman–Crippen LogP) is 5.20. The van der Waals surface area contributed by atoms with Crippen LogP contribution in [0, 0.1) is 5.41 Å². The molecule has 1 aromatic carbocycles. The lowest BCUT2D eigenvalue weighted by Gasteiger charge is -2.40. The Bertz CT molecular complexity index is 556. The molecule has 1 aliphatic rings. The van der Waals surface area contributed by atoms with Gasteiger partial charge in [-0.3, -0.25) is 0 Å². The summed E-state index contributed by atoms with van der Waals surface area (Å²) < 4.78 is 0. The average Bonchev–Trinajstić information content (AvgIpc) is 2.97. The van der Waals surface area contributed by atoms with Gasteiger partial charge in [-0.2, -0.15) is 0 Å². The average molecular weight is 286 g/mol. The molecule has 1 saturated carbocycles. The van der Waals surface area contributed by atoms with Gasteiger partial charge in [-0.1, -0.05) is 44.2 Å². The molecular formula is C18H22OS. The van der Waals surface area contributed by atoms with Gasteiger partial charge in [0.15, 0.2) is 0 Å². The van der Waals surface area contributed by atoms with Crippen LogP contribution in [0.15, 0.2) is 41.8 Å². The zero-order valence-electron chi connectivity index (χ0n) is 12.2. The highest BCUT2D eigenvalue weighted by Crippen LogP contribution is 2.45. The molecule has 0 saturated heterocycles. The van der Waals surface area contributed by atoms with Gasteiger partial charge in [0, 0.05) is 4.88 Å². The lowest BCUT2D eigenvalue weighted by atomic mass is 9.69. The zero-order valence-corrected chi connectivity index (χ0v) is 13.0. The second-order valence-electron chi connectivity index (χ2n) is 6.75. The Balaban J connectivity index is 1.81. The van der Waals surface area contributed by atoms with Crippen molar-refractivity contribution in [1.82, 2.24) is 0 Å². The fraction of sp³-hybridized carbons (Fsp3) is 0.444. The lowest BCUT2D eigenvalue weighted by Crippen LogP contribution is -2.34. The maximum Gasteiger partial charge on any atom is 0.0897 e. The van der Waals surface area contributed by atoms with Crippen molar-refractivity contribution < 1.29 is 5.11 Å². The van der Waals surface area contributed by atoms with E-state index in [4.69, 9.17) is 0 Å². The van der Waals surface area contributed by atoms with Crippen LogP contribution < -0.4 is 0 Å². The molecule has 1 N–H and O–H groups in total. The number of benzene rings is 1. The summed E-state index contributed by atoms with van der Waals surface area (Å²) in [6.07, 6.45) is 3.93. The molecule has 2 aromatic rings. The number of rotatable bonds is 2. The molecule has 1 fully saturated rings. The van der Waals surface area contributed by atoms with E-state index in [0.29, 0.717) is 5.41 Å². The molecule has 0 radical (unpaired) electrons. The summed E-state index contributed by atoms with van der Waals surface area (Å²) in [7, 11) is 0. The molecule has 0 spiro atoms. The normalized spacial score (nSPS) is 20.8. The van der Waals surface area contributed by atoms with Gasteiger partial charge in [0.2, 0.25) is 0 Å². The fourth-order valence-electron chi connectivity index (χ4n) is 3.02. The van der Waals surface area contributed by atoms with Gasteiger partial charge >= 0.3 is 0 Å². The molecule has 1 aromatic heterocycles. The van der Waals surface area contributed by atoms with Crippen molar-refractivity contribution in [2.75, 3.05) is 0 Å². The van der Waals surface area contributed by atoms with Gasteiger partial charge in [-0.25, -0.2) is 0 Å². The summed E-state index contributed by atoms with van der Waals surface area (Å²) in [6.45, 7) is 4.60. The van der Waals surface area contributed by atoms with E-state index >= 15 is 0 Å². The summed E-state index contributed by atoms with van der Waals surface area (Å²) in [4.78, 5) is 1.29. The van der Waals surface area contributed by atoms with E-state index in [1.54, 1.807) is 11.3 Å². The van der Waals surface area contributed by atoms with Gasteiger partial charge in [-0.05, 0) is 53.7 Å². The molecular weight excluding hydrogens is 264 g/mol. The largest absolute Gasteiger partial charge is 0.385 e. The first-order valence-corrected chi connectivity index (χ1v) is 8.23. The summed E-state index contributed by atoms with van der Waals surface area (Å²) >= 11 is 1.75. The molecule has 0 bridgehead atoms. The van der Waals surface area contributed by atoms with E-state index < -0.39 is 5.60 Å². The van der Waals surface area contributed by atoms with Gasteiger partial charge in [0.05, 0.1) is 5.60 Å². The molecule has 1 nitrogen and oxygen atoms in total. The molecule has 1 aliphatic carbocycles. The van der Waals surface area contributed by atoms with Gasteiger partial charge in [-0.15, -0.1) is 11.3 Å². The zero-order chi connectivity index (χ0) is 14.2. The summed E-state index contributed by atoms with van der Waals surface area (Å²) in [5.74, 6) is 0. The maximum atomic E-state index is 10.9. The summed E-state index contributed by atoms with van der Waals surface area (Å²) in [5, 5.41) is 13.0. The first-order valence-electron chi connectivity index (χ1n) is 7.35. The van der Waals surface area contributed by atoms with Gasteiger partial charge in [0.1, 0.15) is 0 Å². The number of hydrogen-bond donors (Lipinski definition) is 1. The first kappa shape index (κ1) is 13.8. The van der Waals surface area contributed by atoms with E-state index in [0.717, 1.165) is 31.2 Å².